The van der Waals surface area contributed by atoms with Gasteiger partial charge in [0.2, 0.25) is 5.28 Å². The van der Waals surface area contributed by atoms with Crippen molar-refractivity contribution in [2.24, 2.45) is 0 Å². The molecular weight excluding hydrogens is 215 g/mol. The van der Waals surface area contributed by atoms with Crippen LogP contribution in [0.15, 0.2) is 4.47 Å². The lowest BCUT2D eigenvalue weighted by molar-refractivity contribution is 1.03. The molecule has 0 saturated heterocycles. The van der Waals surface area contributed by atoms with E-state index in [4.69, 9.17) is 11.6 Å². The summed E-state index contributed by atoms with van der Waals surface area (Å²) in [4.78, 5) is 7.88. The third-order valence-corrected chi connectivity index (χ3v) is 2.47. The van der Waals surface area contributed by atoms with Gasteiger partial charge >= 0.3 is 0 Å². The quantitative estimate of drug-likeness (QED) is 0.629. The highest BCUT2D eigenvalue weighted by atomic mass is 79.9. The fourth-order valence-corrected chi connectivity index (χ4v) is 1.09. The average molecular weight is 221 g/mol. The lowest BCUT2D eigenvalue weighted by Crippen LogP contribution is -1.91. The molecule has 0 spiro atoms. The van der Waals surface area contributed by atoms with Crippen LogP contribution in [0.1, 0.15) is 11.4 Å². The van der Waals surface area contributed by atoms with Gasteiger partial charge in [0.1, 0.15) is 0 Å². The first-order chi connectivity index (χ1) is 4.61. The Hall–Kier alpha value is -0.150. The van der Waals surface area contributed by atoms with E-state index >= 15 is 0 Å². The highest BCUT2D eigenvalue weighted by Crippen LogP contribution is 2.18. The molecule has 0 saturated carbocycles. The van der Waals surface area contributed by atoms with E-state index in [1.165, 1.54) is 0 Å². The molecule has 0 aliphatic heterocycles. The molecular formula is C6H6BrClN2. The van der Waals surface area contributed by atoms with Crippen LogP contribution in [-0.2, 0) is 0 Å². The summed E-state index contributed by atoms with van der Waals surface area (Å²) in [5, 5.41) is 0.304. The number of halogens is 2. The van der Waals surface area contributed by atoms with Gasteiger partial charge in [-0.3, -0.25) is 0 Å². The monoisotopic (exact) mass is 220 g/mol. The molecule has 0 bridgehead atoms. The van der Waals surface area contributed by atoms with Crippen molar-refractivity contribution in [3.63, 3.8) is 0 Å². The van der Waals surface area contributed by atoms with Crippen LogP contribution in [0.3, 0.4) is 0 Å². The molecule has 0 radical (unpaired) electrons. The standard InChI is InChI=1S/C6H6BrClN2/c1-3-5(7)4(2)10-6(8)9-3/h1-2H3. The zero-order valence-electron chi connectivity index (χ0n) is 5.65. The van der Waals surface area contributed by atoms with Crippen molar-refractivity contribution in [3.05, 3.63) is 21.1 Å². The van der Waals surface area contributed by atoms with Gasteiger partial charge in [-0.05, 0) is 41.4 Å². The fraction of sp³-hybridized carbons (Fsp3) is 0.333. The Morgan fingerprint density at radius 2 is 1.60 bits per heavy atom. The van der Waals surface area contributed by atoms with E-state index in [9.17, 15) is 0 Å². The number of hydrogen-bond donors (Lipinski definition) is 0. The minimum absolute atomic E-state index is 0.304. The second-order valence-corrected chi connectivity index (χ2v) is 3.11. The molecule has 0 aliphatic carbocycles. The SMILES string of the molecule is Cc1nc(Cl)nc(C)c1Br. The molecule has 0 unspecified atom stereocenters. The van der Waals surface area contributed by atoms with Gasteiger partial charge in [0.05, 0.1) is 15.9 Å². The van der Waals surface area contributed by atoms with Gasteiger partial charge in [-0.15, -0.1) is 0 Å². The van der Waals surface area contributed by atoms with Crippen LogP contribution >= 0.6 is 27.5 Å². The second-order valence-electron chi connectivity index (χ2n) is 1.98. The van der Waals surface area contributed by atoms with Crippen molar-refractivity contribution in [1.29, 1.82) is 0 Å². The summed E-state index contributed by atoms with van der Waals surface area (Å²) in [7, 11) is 0. The van der Waals surface area contributed by atoms with Crippen LogP contribution in [0.2, 0.25) is 5.28 Å². The van der Waals surface area contributed by atoms with Crippen LogP contribution in [0.5, 0.6) is 0 Å². The summed E-state index contributed by atoms with van der Waals surface area (Å²) in [6, 6.07) is 0. The van der Waals surface area contributed by atoms with Crippen LogP contribution in [-0.4, -0.2) is 9.97 Å². The minimum Gasteiger partial charge on any atom is -0.222 e. The maximum Gasteiger partial charge on any atom is 0.222 e. The molecule has 1 heterocycles. The number of nitrogens with zero attached hydrogens (tertiary/aromatic N) is 2. The largest absolute Gasteiger partial charge is 0.222 e. The molecule has 0 N–H and O–H groups in total. The predicted octanol–water partition coefficient (Wildman–Crippen LogP) is 2.51. The van der Waals surface area contributed by atoms with Gasteiger partial charge in [0, 0.05) is 0 Å². The van der Waals surface area contributed by atoms with E-state index in [0.717, 1.165) is 15.9 Å². The Morgan fingerprint density at radius 3 is 2.00 bits per heavy atom. The highest BCUT2D eigenvalue weighted by Gasteiger charge is 2.02. The van der Waals surface area contributed by atoms with Crippen molar-refractivity contribution in [1.82, 2.24) is 9.97 Å². The van der Waals surface area contributed by atoms with E-state index < -0.39 is 0 Å². The van der Waals surface area contributed by atoms with Crippen molar-refractivity contribution < 1.29 is 0 Å². The van der Waals surface area contributed by atoms with Crippen molar-refractivity contribution in [2.75, 3.05) is 0 Å². The third-order valence-electron chi connectivity index (χ3n) is 1.16. The van der Waals surface area contributed by atoms with E-state index in [0.29, 0.717) is 5.28 Å². The van der Waals surface area contributed by atoms with Gasteiger partial charge < -0.3 is 0 Å². The molecule has 0 atom stereocenters. The summed E-state index contributed by atoms with van der Waals surface area (Å²) in [6.45, 7) is 3.76. The number of rotatable bonds is 0. The number of hydrogen-bond acceptors (Lipinski definition) is 2. The van der Waals surface area contributed by atoms with Crippen molar-refractivity contribution in [3.8, 4) is 0 Å². The molecule has 1 aromatic rings. The highest BCUT2D eigenvalue weighted by molar-refractivity contribution is 9.10. The topological polar surface area (TPSA) is 25.8 Å². The maximum absolute atomic E-state index is 5.58. The first kappa shape index (κ1) is 7.95. The van der Waals surface area contributed by atoms with Crippen LogP contribution in [0.25, 0.3) is 0 Å². The van der Waals surface area contributed by atoms with Crippen LogP contribution in [0.4, 0.5) is 0 Å². The molecule has 4 heteroatoms. The zero-order valence-corrected chi connectivity index (χ0v) is 7.99. The van der Waals surface area contributed by atoms with Gasteiger partial charge in [-0.2, -0.15) is 0 Å². The average Bonchev–Trinajstić information content (AvgIpc) is 1.82. The van der Waals surface area contributed by atoms with Gasteiger partial charge in [0.25, 0.3) is 0 Å². The Kier molecular flexibility index (Phi) is 2.26. The normalized spacial score (nSPS) is 10.0. The first-order valence-corrected chi connectivity index (χ1v) is 3.94. The Bertz CT molecular complexity index is 239. The molecule has 54 valence electrons. The van der Waals surface area contributed by atoms with Gasteiger partial charge in [-0.25, -0.2) is 9.97 Å². The molecule has 0 amide bonds. The minimum atomic E-state index is 0.304. The van der Waals surface area contributed by atoms with Gasteiger partial charge in [-0.1, -0.05) is 0 Å². The first-order valence-electron chi connectivity index (χ1n) is 2.77. The maximum atomic E-state index is 5.58. The molecule has 0 fully saturated rings. The summed E-state index contributed by atoms with van der Waals surface area (Å²) < 4.78 is 0.928. The smallest absolute Gasteiger partial charge is 0.222 e. The Labute approximate surface area is 72.8 Å². The zero-order chi connectivity index (χ0) is 7.72. The third kappa shape index (κ3) is 1.47. The molecule has 1 rings (SSSR count). The Balaban J connectivity index is 3.31. The predicted molar refractivity (Wildman–Crippen MR) is 44.2 cm³/mol. The Morgan fingerprint density at radius 1 is 1.20 bits per heavy atom. The van der Waals surface area contributed by atoms with Crippen molar-refractivity contribution in [2.45, 2.75) is 13.8 Å². The van der Waals surface area contributed by atoms with E-state index in [-0.39, 0.29) is 0 Å². The van der Waals surface area contributed by atoms with E-state index in [1.54, 1.807) is 0 Å². The van der Waals surface area contributed by atoms with E-state index in [1.807, 2.05) is 13.8 Å². The van der Waals surface area contributed by atoms with Crippen LogP contribution in [0, 0.1) is 13.8 Å². The molecule has 2 nitrogen and oxygen atoms in total. The molecule has 0 aliphatic rings. The second kappa shape index (κ2) is 2.84. The lowest BCUT2D eigenvalue weighted by atomic mass is 10.4. The molecule has 0 aromatic carbocycles. The number of aryl methyl sites for hydroxylation is 2. The summed E-state index contributed by atoms with van der Waals surface area (Å²) in [6.07, 6.45) is 0. The lowest BCUT2D eigenvalue weighted by Gasteiger charge is -1.99. The summed E-state index contributed by atoms with van der Waals surface area (Å²) >= 11 is 8.91. The summed E-state index contributed by atoms with van der Waals surface area (Å²) in [5.74, 6) is 0. The fourth-order valence-electron chi connectivity index (χ4n) is 0.662. The molecule has 1 aromatic heterocycles. The molecule has 10 heavy (non-hydrogen) atoms. The van der Waals surface area contributed by atoms with Crippen molar-refractivity contribution >= 4 is 27.5 Å². The number of aromatic nitrogens is 2. The summed E-state index contributed by atoms with van der Waals surface area (Å²) in [5.41, 5.74) is 1.75. The van der Waals surface area contributed by atoms with E-state index in [2.05, 4.69) is 25.9 Å². The van der Waals surface area contributed by atoms with Gasteiger partial charge in [0.15, 0.2) is 0 Å². The van der Waals surface area contributed by atoms with Crippen LogP contribution < -0.4 is 0 Å².